The molecule has 25 heavy (non-hydrogen) atoms. The van der Waals surface area contributed by atoms with E-state index in [-0.39, 0.29) is 19.8 Å². The van der Waals surface area contributed by atoms with Gasteiger partial charge in [0, 0.05) is 13.1 Å². The van der Waals surface area contributed by atoms with Gasteiger partial charge in [0.15, 0.2) is 6.73 Å². The van der Waals surface area contributed by atoms with Crippen molar-refractivity contribution in [3.05, 3.63) is 29.8 Å². The Hall–Kier alpha value is -2.28. The van der Waals surface area contributed by atoms with Gasteiger partial charge in [-0.2, -0.15) is 0 Å². The molecule has 7 nitrogen and oxygen atoms in total. The normalized spacial score (nSPS) is 10.9. The second-order valence-corrected chi connectivity index (χ2v) is 6.59. The second kappa shape index (κ2) is 9.88. The second-order valence-electron chi connectivity index (χ2n) is 6.59. The number of nitrogens with one attached hydrogen (secondary N) is 1. The highest BCUT2D eigenvalue weighted by molar-refractivity contribution is 5.91. The number of hydrogen-bond donors (Lipinski definition) is 2. The maximum Gasteiger partial charge on any atom is 0.418 e. The van der Waals surface area contributed by atoms with Crippen molar-refractivity contribution in [1.82, 2.24) is 10.2 Å². The van der Waals surface area contributed by atoms with E-state index in [4.69, 9.17) is 15.2 Å². The monoisotopic (exact) mass is 351 g/mol. The Bertz CT molecular complexity index is 552. The lowest BCUT2D eigenvalue weighted by molar-refractivity contribution is 0.0321. The summed E-state index contributed by atoms with van der Waals surface area (Å²) in [5.41, 5.74) is 6.01. The molecule has 0 radical (unpaired) electrons. The number of imide groups is 1. The standard InChI is InChI=1S/C18H29N3O4/c1-5-6-14-7-9-15(10-8-14)24-13-20-16(22)21(12-11-19)17(23)25-18(2,3)4/h7-10H,5-6,11-13,19H2,1-4H3,(H,20,22). The fourth-order valence-electron chi connectivity index (χ4n) is 2.04. The van der Waals surface area contributed by atoms with Gasteiger partial charge in [-0.15, -0.1) is 0 Å². The first-order valence-electron chi connectivity index (χ1n) is 8.47. The van der Waals surface area contributed by atoms with E-state index < -0.39 is 17.7 Å². The van der Waals surface area contributed by atoms with E-state index in [1.54, 1.807) is 20.8 Å². The molecule has 3 amide bonds. The molecule has 0 aliphatic carbocycles. The molecule has 0 bridgehead atoms. The van der Waals surface area contributed by atoms with Gasteiger partial charge in [0.05, 0.1) is 0 Å². The number of hydrogen-bond acceptors (Lipinski definition) is 5. The first-order valence-corrected chi connectivity index (χ1v) is 8.47. The smallest absolute Gasteiger partial charge is 0.418 e. The van der Waals surface area contributed by atoms with E-state index in [9.17, 15) is 9.59 Å². The lowest BCUT2D eigenvalue weighted by Gasteiger charge is -2.26. The van der Waals surface area contributed by atoms with Gasteiger partial charge in [0.2, 0.25) is 0 Å². The maximum absolute atomic E-state index is 12.2. The minimum Gasteiger partial charge on any atom is -0.473 e. The fraction of sp³-hybridized carbons (Fsp3) is 0.556. The molecule has 0 atom stereocenters. The zero-order valence-electron chi connectivity index (χ0n) is 15.5. The molecule has 1 aromatic carbocycles. The number of ether oxygens (including phenoxy) is 2. The average Bonchev–Trinajstić information content (AvgIpc) is 2.52. The van der Waals surface area contributed by atoms with Crippen LogP contribution in [-0.4, -0.2) is 42.4 Å². The summed E-state index contributed by atoms with van der Waals surface area (Å²) in [6, 6.07) is 7.07. The number of carbonyl (C=O) groups excluding carboxylic acids is 2. The molecule has 0 spiro atoms. The molecule has 140 valence electrons. The van der Waals surface area contributed by atoms with Crippen molar-refractivity contribution in [2.75, 3.05) is 19.8 Å². The largest absolute Gasteiger partial charge is 0.473 e. The van der Waals surface area contributed by atoms with Gasteiger partial charge in [-0.1, -0.05) is 25.5 Å². The van der Waals surface area contributed by atoms with Crippen molar-refractivity contribution >= 4 is 12.1 Å². The van der Waals surface area contributed by atoms with Crippen LogP contribution >= 0.6 is 0 Å². The van der Waals surface area contributed by atoms with Gasteiger partial charge < -0.3 is 20.5 Å². The summed E-state index contributed by atoms with van der Waals surface area (Å²) in [6.45, 7) is 7.46. The molecule has 7 heteroatoms. The molecule has 0 aliphatic heterocycles. The molecule has 0 saturated heterocycles. The van der Waals surface area contributed by atoms with E-state index in [2.05, 4.69) is 12.2 Å². The van der Waals surface area contributed by atoms with Crippen molar-refractivity contribution in [3.8, 4) is 5.75 Å². The number of carbonyl (C=O) groups is 2. The van der Waals surface area contributed by atoms with Gasteiger partial charge in [-0.05, 0) is 44.9 Å². The van der Waals surface area contributed by atoms with Gasteiger partial charge in [-0.25, -0.2) is 14.5 Å². The van der Waals surface area contributed by atoms with Crippen LogP contribution in [0.25, 0.3) is 0 Å². The summed E-state index contributed by atoms with van der Waals surface area (Å²) in [5.74, 6) is 0.641. The number of aryl methyl sites for hydroxylation is 1. The number of urea groups is 1. The van der Waals surface area contributed by atoms with Crippen LogP contribution in [0, 0.1) is 0 Å². The molecule has 1 aromatic rings. The number of nitrogens with zero attached hydrogens (tertiary/aromatic N) is 1. The third-order valence-electron chi connectivity index (χ3n) is 3.14. The summed E-state index contributed by atoms with van der Waals surface area (Å²) in [5, 5.41) is 2.53. The molecular formula is C18H29N3O4. The summed E-state index contributed by atoms with van der Waals surface area (Å²) in [7, 11) is 0. The van der Waals surface area contributed by atoms with Crippen molar-refractivity contribution in [2.45, 2.75) is 46.1 Å². The van der Waals surface area contributed by atoms with Gasteiger partial charge in [0.25, 0.3) is 0 Å². The van der Waals surface area contributed by atoms with Gasteiger partial charge in [-0.3, -0.25) is 0 Å². The zero-order valence-corrected chi connectivity index (χ0v) is 15.5. The van der Waals surface area contributed by atoms with Crippen molar-refractivity contribution < 1.29 is 19.1 Å². The lowest BCUT2D eigenvalue weighted by Crippen LogP contribution is -2.48. The van der Waals surface area contributed by atoms with E-state index in [1.807, 2.05) is 24.3 Å². The Labute approximate surface area is 149 Å². The summed E-state index contributed by atoms with van der Waals surface area (Å²) in [6.07, 6.45) is 1.36. The van der Waals surface area contributed by atoms with Crippen LogP contribution < -0.4 is 15.8 Å². The SMILES string of the molecule is CCCc1ccc(OCNC(=O)N(CCN)C(=O)OC(C)(C)C)cc1. The third kappa shape index (κ3) is 7.89. The number of benzene rings is 1. The fourth-order valence-corrected chi connectivity index (χ4v) is 2.04. The predicted octanol–water partition coefficient (Wildman–Crippen LogP) is 2.88. The molecule has 0 aliphatic rings. The molecule has 0 aromatic heterocycles. The first kappa shape index (κ1) is 20.8. The van der Waals surface area contributed by atoms with Crippen LogP contribution in [0.4, 0.5) is 9.59 Å². The Morgan fingerprint density at radius 2 is 1.84 bits per heavy atom. The van der Waals surface area contributed by atoms with Gasteiger partial charge in [0.1, 0.15) is 11.4 Å². The van der Waals surface area contributed by atoms with Crippen molar-refractivity contribution in [2.24, 2.45) is 5.73 Å². The molecule has 0 unspecified atom stereocenters. The van der Waals surface area contributed by atoms with E-state index in [0.29, 0.717) is 5.75 Å². The molecule has 0 saturated carbocycles. The quantitative estimate of drug-likeness (QED) is 0.737. The number of amides is 3. The average molecular weight is 351 g/mol. The van der Waals surface area contributed by atoms with Crippen LogP contribution in [0.15, 0.2) is 24.3 Å². The summed E-state index contributed by atoms with van der Waals surface area (Å²) >= 11 is 0. The molecule has 0 heterocycles. The molecule has 1 rings (SSSR count). The van der Waals surface area contributed by atoms with Crippen LogP contribution in [0.1, 0.15) is 39.7 Å². The molecular weight excluding hydrogens is 322 g/mol. The highest BCUT2D eigenvalue weighted by Crippen LogP contribution is 2.13. The van der Waals surface area contributed by atoms with Crippen molar-refractivity contribution in [3.63, 3.8) is 0 Å². The third-order valence-corrected chi connectivity index (χ3v) is 3.14. The van der Waals surface area contributed by atoms with Crippen LogP contribution in [0.2, 0.25) is 0 Å². The van der Waals surface area contributed by atoms with Gasteiger partial charge >= 0.3 is 12.1 Å². The minimum absolute atomic E-state index is 0.0597. The lowest BCUT2D eigenvalue weighted by atomic mass is 10.1. The number of nitrogens with two attached hydrogens (primary N) is 1. The Balaban J connectivity index is 2.52. The summed E-state index contributed by atoms with van der Waals surface area (Å²) in [4.78, 5) is 25.2. The highest BCUT2D eigenvalue weighted by Gasteiger charge is 2.26. The van der Waals surface area contributed by atoms with E-state index in [1.165, 1.54) is 5.56 Å². The van der Waals surface area contributed by atoms with Crippen molar-refractivity contribution in [1.29, 1.82) is 0 Å². The Morgan fingerprint density at radius 3 is 2.36 bits per heavy atom. The van der Waals surface area contributed by atoms with Crippen LogP contribution in [0.5, 0.6) is 5.75 Å². The Kier molecular flexibility index (Phi) is 8.21. The zero-order chi connectivity index (χ0) is 18.9. The predicted molar refractivity (Wildman–Crippen MR) is 96.5 cm³/mol. The van der Waals surface area contributed by atoms with Crippen LogP contribution in [0.3, 0.4) is 0 Å². The summed E-state index contributed by atoms with van der Waals surface area (Å²) < 4.78 is 10.7. The minimum atomic E-state index is -0.737. The molecule has 0 fully saturated rings. The van der Waals surface area contributed by atoms with E-state index in [0.717, 1.165) is 17.7 Å². The topological polar surface area (TPSA) is 93.9 Å². The van der Waals surface area contributed by atoms with Crippen LogP contribution in [-0.2, 0) is 11.2 Å². The van der Waals surface area contributed by atoms with E-state index >= 15 is 0 Å². The Morgan fingerprint density at radius 1 is 1.20 bits per heavy atom. The number of rotatable bonds is 7. The molecule has 3 N–H and O–H groups in total. The highest BCUT2D eigenvalue weighted by atomic mass is 16.6. The first-order chi connectivity index (χ1) is 11.8. The maximum atomic E-state index is 12.2.